The number of hydrogen-bond acceptors (Lipinski definition) is 14. The molecule has 0 spiro atoms. The van der Waals surface area contributed by atoms with Gasteiger partial charge in [0.15, 0.2) is 17.7 Å². The number of nitrogens with zero attached hydrogens (tertiary/aromatic N) is 2. The van der Waals surface area contributed by atoms with Crippen molar-refractivity contribution in [2.45, 2.75) is 63.8 Å². The molecule has 1 saturated heterocycles. The van der Waals surface area contributed by atoms with E-state index in [1.54, 1.807) is 39.2 Å². The Hall–Kier alpha value is -3.71. The van der Waals surface area contributed by atoms with Crippen molar-refractivity contribution in [3.05, 3.63) is 28.4 Å². The molecule has 0 bridgehead atoms. The van der Waals surface area contributed by atoms with E-state index in [0.717, 1.165) is 11.3 Å². The summed E-state index contributed by atoms with van der Waals surface area (Å²) in [5.41, 5.74) is 5.06. The van der Waals surface area contributed by atoms with Gasteiger partial charge < -0.3 is 39.5 Å². The number of methoxy groups -OCH3 is 2. The van der Waals surface area contributed by atoms with Crippen molar-refractivity contribution in [2.24, 2.45) is 5.73 Å². The zero-order chi connectivity index (χ0) is 34.2. The summed E-state index contributed by atoms with van der Waals surface area (Å²) in [6, 6.07) is -0.988. The lowest BCUT2D eigenvalue weighted by Gasteiger charge is -2.49. The highest BCUT2D eigenvalue weighted by molar-refractivity contribution is 8.00. The Morgan fingerprint density at radius 3 is 2.46 bits per heavy atom. The maximum Gasteiger partial charge on any atom is 0.413 e. The molecule has 1 aromatic heterocycles. The Kier molecular flexibility index (Phi) is 12.6. The molecule has 46 heavy (non-hydrogen) atoms. The van der Waals surface area contributed by atoms with Crippen LogP contribution in [-0.2, 0) is 42.8 Å². The fourth-order valence-electron chi connectivity index (χ4n) is 4.12. The highest BCUT2D eigenvalue weighted by Crippen LogP contribution is 2.41. The van der Waals surface area contributed by atoms with E-state index in [9.17, 15) is 24.0 Å². The monoisotopic (exact) mass is 685 g/mol. The van der Waals surface area contributed by atoms with Gasteiger partial charge in [0.2, 0.25) is 0 Å². The average Bonchev–Trinajstić information content (AvgIpc) is 3.45. The van der Waals surface area contributed by atoms with Gasteiger partial charge in [0, 0.05) is 30.9 Å². The number of aromatic nitrogens is 1. The molecule has 2 aliphatic rings. The van der Waals surface area contributed by atoms with Crippen molar-refractivity contribution < 1.29 is 52.4 Å². The van der Waals surface area contributed by atoms with Gasteiger partial charge in [-0.2, -0.15) is 0 Å². The molecule has 254 valence electrons. The minimum Gasteiger partial charge on any atom is -0.445 e. The van der Waals surface area contributed by atoms with Crippen LogP contribution in [0.15, 0.2) is 22.7 Å². The molecule has 18 heteroatoms. The number of thioether (sulfide) groups is 1. The van der Waals surface area contributed by atoms with Gasteiger partial charge in [-0.15, -0.1) is 23.1 Å². The van der Waals surface area contributed by atoms with E-state index in [-0.39, 0.29) is 35.4 Å². The Bertz CT molecular complexity index is 1380. The third kappa shape index (κ3) is 9.41. The minimum absolute atomic E-state index is 0.0651. The molecule has 3 rings (SSSR count). The molecule has 16 nitrogen and oxygen atoms in total. The number of β-lactam (4-membered cyclic amide) rings is 1. The van der Waals surface area contributed by atoms with Crippen LogP contribution in [0.1, 0.15) is 46.7 Å². The molecule has 1 fully saturated rings. The largest absolute Gasteiger partial charge is 0.445 e. The summed E-state index contributed by atoms with van der Waals surface area (Å²) in [6.45, 7) is 7.75. The number of thiazole rings is 1. The van der Waals surface area contributed by atoms with Crippen LogP contribution in [0.2, 0.25) is 0 Å². The number of rotatable bonds is 14. The minimum atomic E-state index is -1.07. The van der Waals surface area contributed by atoms with Gasteiger partial charge in [-0.25, -0.2) is 19.4 Å². The maximum atomic E-state index is 13.4. The van der Waals surface area contributed by atoms with Gasteiger partial charge in [-0.3, -0.25) is 19.8 Å². The number of ether oxygens (including phenoxy) is 6. The second-order valence-corrected chi connectivity index (χ2v) is 13.0. The number of anilines is 1. The Morgan fingerprint density at radius 1 is 1.15 bits per heavy atom. The lowest BCUT2D eigenvalue weighted by Crippen LogP contribution is -2.70. The molecular weight excluding hydrogens is 646 g/mol. The second kappa shape index (κ2) is 15.7. The number of carbonyl (C=O) groups excluding carboxylic acids is 5. The molecule has 4 N–H and O–H groups in total. The smallest absolute Gasteiger partial charge is 0.413 e. The van der Waals surface area contributed by atoms with Crippen LogP contribution in [0.4, 0.5) is 14.7 Å². The number of allylic oxidation sites excluding steroid dienone is 1. The summed E-state index contributed by atoms with van der Waals surface area (Å²) in [5.74, 6) is -2.95. The average molecular weight is 686 g/mol. The molecule has 1 aromatic rings. The summed E-state index contributed by atoms with van der Waals surface area (Å²) in [5, 5.41) is 6.45. The normalized spacial score (nSPS) is 18.4. The van der Waals surface area contributed by atoms with Gasteiger partial charge in [-0.1, -0.05) is 13.0 Å². The van der Waals surface area contributed by atoms with E-state index in [0.29, 0.717) is 17.7 Å². The van der Waals surface area contributed by atoms with Crippen molar-refractivity contribution in [1.82, 2.24) is 15.2 Å². The first-order chi connectivity index (χ1) is 21.6. The van der Waals surface area contributed by atoms with Crippen LogP contribution in [0.25, 0.3) is 5.57 Å². The summed E-state index contributed by atoms with van der Waals surface area (Å²) < 4.78 is 31.2. The van der Waals surface area contributed by atoms with Gasteiger partial charge in [0.05, 0.1) is 11.3 Å². The number of carbonyl (C=O) groups is 5. The molecule has 0 radical (unpaired) electrons. The molecule has 4 amide bonds. The van der Waals surface area contributed by atoms with Gasteiger partial charge in [-0.05, 0) is 34.1 Å². The molecule has 2 atom stereocenters. The zero-order valence-electron chi connectivity index (χ0n) is 26.6. The Morgan fingerprint density at radius 2 is 1.85 bits per heavy atom. The fourth-order valence-corrected chi connectivity index (χ4v) is 6.14. The predicted molar refractivity (Wildman–Crippen MR) is 167 cm³/mol. The lowest BCUT2D eigenvalue weighted by molar-refractivity contribution is -0.234. The first-order valence-electron chi connectivity index (χ1n) is 14.0. The summed E-state index contributed by atoms with van der Waals surface area (Å²) in [7, 11) is 2.86. The summed E-state index contributed by atoms with van der Waals surface area (Å²) >= 11 is 2.36. The number of nitrogens with two attached hydrogens (primary N) is 1. The van der Waals surface area contributed by atoms with E-state index in [4.69, 9.17) is 34.2 Å². The fraction of sp³-hybridized carbons (Fsp3) is 0.571. The summed E-state index contributed by atoms with van der Waals surface area (Å²) in [4.78, 5) is 68.9. The lowest BCUT2D eigenvalue weighted by atomic mass is 10.0. The van der Waals surface area contributed by atoms with Crippen molar-refractivity contribution in [1.29, 1.82) is 0 Å². The number of primary amides is 1. The topological polar surface area (TPSA) is 207 Å². The third-order valence-electron chi connectivity index (χ3n) is 6.46. The number of fused-ring (bicyclic) bond motifs is 1. The molecule has 3 heterocycles. The molecule has 0 saturated carbocycles. The highest BCUT2D eigenvalue weighted by Gasteiger charge is 2.54. The standard InChI is InChI=1S/C28H39N5O11S2/c1-8-9-16(17-12-46-25(30-17)32-26(38)44-27(2,3)4)20(34)31-18-21(35)33-19(15(10-42-24(29)37)11-45-22(18)33)23(36)43-14-41-13-28(5,39-6)40-7/h9,12,18,22H,8,10-11,13-14H2,1-7H3,(H2,29,37)(H,31,34)(H,30,32,38)/b16-9-/t18-,22-/m1/s1. The number of nitrogens with one attached hydrogen (secondary N) is 2. The van der Waals surface area contributed by atoms with Crippen LogP contribution >= 0.6 is 23.1 Å². The van der Waals surface area contributed by atoms with Crippen LogP contribution in [-0.4, -0.2) is 103 Å². The van der Waals surface area contributed by atoms with Gasteiger partial charge >= 0.3 is 18.2 Å². The second-order valence-electron chi connectivity index (χ2n) is 11.1. The van der Waals surface area contributed by atoms with E-state index < -0.39 is 59.6 Å². The van der Waals surface area contributed by atoms with E-state index >= 15 is 0 Å². The molecule has 2 aliphatic heterocycles. The Labute approximate surface area is 274 Å². The van der Waals surface area contributed by atoms with Crippen molar-refractivity contribution in [3.63, 3.8) is 0 Å². The van der Waals surface area contributed by atoms with Crippen molar-refractivity contribution >= 4 is 63.8 Å². The van der Waals surface area contributed by atoms with Gasteiger partial charge in [0.25, 0.3) is 11.8 Å². The quantitative estimate of drug-likeness (QED) is 0.0644. The zero-order valence-corrected chi connectivity index (χ0v) is 28.3. The molecular formula is C28H39N5O11S2. The van der Waals surface area contributed by atoms with Crippen LogP contribution in [0.3, 0.4) is 0 Å². The number of amides is 4. The van der Waals surface area contributed by atoms with Gasteiger partial charge in [0.1, 0.15) is 35.9 Å². The van der Waals surface area contributed by atoms with E-state index in [2.05, 4.69) is 15.6 Å². The van der Waals surface area contributed by atoms with Crippen LogP contribution < -0.4 is 16.4 Å². The third-order valence-corrected chi connectivity index (χ3v) is 8.56. The summed E-state index contributed by atoms with van der Waals surface area (Å²) in [6.07, 6.45) is 0.384. The van der Waals surface area contributed by atoms with Crippen molar-refractivity contribution in [2.75, 3.05) is 45.3 Å². The maximum absolute atomic E-state index is 13.4. The SMILES string of the molecule is CC/C=C(\C(=O)N[C@@H]1C(=O)N2C(C(=O)OCOCC(C)(OC)OC)=C(COC(N)=O)CS[C@H]12)c1csc(NC(=O)OC(C)(C)C)n1. The van der Waals surface area contributed by atoms with E-state index in [1.807, 2.05) is 6.92 Å². The number of hydrogen-bond donors (Lipinski definition) is 3. The van der Waals surface area contributed by atoms with Crippen LogP contribution in [0, 0.1) is 0 Å². The first kappa shape index (κ1) is 36.8. The van der Waals surface area contributed by atoms with E-state index in [1.165, 1.54) is 30.9 Å². The predicted octanol–water partition coefficient (Wildman–Crippen LogP) is 2.56. The van der Waals surface area contributed by atoms with Crippen molar-refractivity contribution in [3.8, 4) is 0 Å². The van der Waals surface area contributed by atoms with Crippen LogP contribution in [0.5, 0.6) is 0 Å². The molecule has 0 aliphatic carbocycles. The highest BCUT2D eigenvalue weighted by atomic mass is 32.2. The molecule has 0 aromatic carbocycles. The molecule has 0 unspecified atom stereocenters. The number of esters is 1. The Balaban J connectivity index is 1.72. The first-order valence-corrected chi connectivity index (χ1v) is 16.0.